The number of carbonyl (C=O) groups is 3. The second-order valence-electron chi connectivity index (χ2n) is 5.83. The molecule has 0 heterocycles. The quantitative estimate of drug-likeness (QED) is 0.235. The number of benzene rings is 2. The molecule has 0 radical (unpaired) electrons. The summed E-state index contributed by atoms with van der Waals surface area (Å²) in [6, 6.07) is 6.13. The molecule has 12 nitrogen and oxygen atoms in total. The first-order valence-electron chi connectivity index (χ1n) is 8.20. The maximum absolute atomic E-state index is 13.4. The van der Waals surface area contributed by atoms with E-state index in [0.717, 1.165) is 18.2 Å². The van der Waals surface area contributed by atoms with Crippen LogP contribution in [0.3, 0.4) is 0 Å². The number of nitrogen functional groups attached to an aromatic ring is 1. The van der Waals surface area contributed by atoms with Gasteiger partial charge in [0.2, 0.25) is 0 Å². The normalized spacial score (nSPS) is 11.5. The van der Waals surface area contributed by atoms with Crippen LogP contribution in [0.1, 0.15) is 10.4 Å². The first-order chi connectivity index (χ1) is 14.3. The van der Waals surface area contributed by atoms with Crippen molar-refractivity contribution in [1.29, 1.82) is 0 Å². The Morgan fingerprint density at radius 2 is 1.74 bits per heavy atom. The Balaban J connectivity index is 0.000000367. The highest BCUT2D eigenvalue weighted by Crippen LogP contribution is 2.16. The molecule has 0 aliphatic heterocycles. The van der Waals surface area contributed by atoms with Gasteiger partial charge in [-0.1, -0.05) is 6.07 Å². The summed E-state index contributed by atoms with van der Waals surface area (Å²) in [5.74, 6) is -3.40. The van der Waals surface area contributed by atoms with E-state index in [0.29, 0.717) is 5.69 Å². The number of aromatic carboxylic acids is 1. The number of rotatable bonds is 6. The molecular formula is C17H19FN4O8S. The number of nitrogens with two attached hydrogens (primary N) is 2. The van der Waals surface area contributed by atoms with Gasteiger partial charge in [0.05, 0.1) is 16.1 Å². The minimum atomic E-state index is -4.11. The number of aliphatic carboxylic acids is 1. The molecule has 0 aliphatic rings. The fourth-order valence-electron chi connectivity index (χ4n) is 1.89. The zero-order valence-electron chi connectivity index (χ0n) is 15.6. The van der Waals surface area contributed by atoms with Crippen LogP contribution < -0.4 is 22.1 Å². The van der Waals surface area contributed by atoms with Crippen LogP contribution in [0.2, 0.25) is 0 Å². The van der Waals surface area contributed by atoms with Crippen molar-refractivity contribution in [3.05, 3.63) is 53.8 Å². The Morgan fingerprint density at radius 3 is 2.23 bits per heavy atom. The maximum Gasteiger partial charge on any atom is 0.335 e. The number of anilines is 2. The van der Waals surface area contributed by atoms with Crippen molar-refractivity contribution in [1.82, 2.24) is 5.32 Å². The molecule has 0 saturated heterocycles. The molecule has 0 aromatic heterocycles. The molecule has 2 aromatic carbocycles. The largest absolute Gasteiger partial charge is 0.480 e. The van der Waals surface area contributed by atoms with E-state index in [-0.39, 0.29) is 22.7 Å². The molecular weight excluding hydrogens is 439 g/mol. The highest BCUT2D eigenvalue weighted by atomic mass is 32.2. The van der Waals surface area contributed by atoms with Crippen molar-refractivity contribution in [2.24, 2.45) is 5.73 Å². The van der Waals surface area contributed by atoms with E-state index in [1.807, 2.05) is 0 Å². The van der Waals surface area contributed by atoms with E-state index in [4.69, 9.17) is 26.2 Å². The van der Waals surface area contributed by atoms with Crippen LogP contribution in [0.5, 0.6) is 0 Å². The average Bonchev–Trinajstić information content (AvgIpc) is 2.67. The van der Waals surface area contributed by atoms with Crippen LogP contribution in [0.15, 0.2) is 47.4 Å². The zero-order valence-corrected chi connectivity index (χ0v) is 16.5. The van der Waals surface area contributed by atoms with Crippen LogP contribution in [0.4, 0.5) is 20.6 Å². The highest BCUT2D eigenvalue weighted by molar-refractivity contribution is 7.85. The van der Waals surface area contributed by atoms with Crippen LogP contribution in [0, 0.1) is 5.82 Å². The fourth-order valence-corrected chi connectivity index (χ4v) is 2.42. The molecule has 0 aliphatic carbocycles. The number of carboxylic acid groups (broad SMARTS) is 2. The lowest BCUT2D eigenvalue weighted by molar-refractivity contribution is -0.138. The minimum absolute atomic E-state index is 0.183. The Kier molecular flexibility index (Phi) is 8.86. The molecule has 0 unspecified atom stereocenters. The van der Waals surface area contributed by atoms with Crippen LogP contribution in [-0.2, 0) is 14.9 Å². The monoisotopic (exact) mass is 458 g/mol. The lowest BCUT2D eigenvalue weighted by Crippen LogP contribution is -2.43. The maximum atomic E-state index is 13.4. The predicted octanol–water partition coefficient (Wildman–Crippen LogP) is 0.573. The fraction of sp³-hybridized carbons (Fsp3) is 0.118. The van der Waals surface area contributed by atoms with E-state index < -0.39 is 39.9 Å². The Bertz CT molecular complexity index is 1080. The predicted molar refractivity (Wildman–Crippen MR) is 107 cm³/mol. The number of hydrogen-bond donors (Lipinski definition) is 7. The van der Waals surface area contributed by atoms with Crippen molar-refractivity contribution in [3.63, 3.8) is 0 Å². The summed E-state index contributed by atoms with van der Waals surface area (Å²) in [5.41, 5.74) is 10.2. The van der Waals surface area contributed by atoms with Gasteiger partial charge in [-0.05, 0) is 36.4 Å². The second kappa shape index (κ2) is 10.9. The van der Waals surface area contributed by atoms with Gasteiger partial charge in [0, 0.05) is 12.2 Å². The van der Waals surface area contributed by atoms with Gasteiger partial charge in [-0.2, -0.15) is 8.42 Å². The van der Waals surface area contributed by atoms with Crippen molar-refractivity contribution >= 4 is 39.5 Å². The molecule has 2 aromatic rings. The lowest BCUT2D eigenvalue weighted by Gasteiger charge is -2.10. The number of urea groups is 1. The van der Waals surface area contributed by atoms with Gasteiger partial charge in [-0.15, -0.1) is 0 Å². The Labute approximate surface area is 175 Å². The van der Waals surface area contributed by atoms with Crippen molar-refractivity contribution in [2.75, 3.05) is 17.6 Å². The van der Waals surface area contributed by atoms with E-state index in [2.05, 4.69) is 10.6 Å². The highest BCUT2D eigenvalue weighted by Gasteiger charge is 2.14. The van der Waals surface area contributed by atoms with Crippen LogP contribution in [0.25, 0.3) is 0 Å². The molecule has 14 heteroatoms. The summed E-state index contributed by atoms with van der Waals surface area (Å²) < 4.78 is 42.9. The average molecular weight is 458 g/mol. The lowest BCUT2D eigenvalue weighted by atomic mass is 10.2. The number of carboxylic acids is 2. The van der Waals surface area contributed by atoms with Crippen molar-refractivity contribution in [2.45, 2.75) is 10.9 Å². The number of nitrogens with one attached hydrogen (secondary N) is 2. The second-order valence-corrected chi connectivity index (χ2v) is 7.25. The standard InChI is InChI=1S/C11H12FN3O5.C6H7NO3S/c12-6-2-1-5(9(16)17)3-8(6)15-11(20)14-4-7(13)10(18)19;7-5-2-1-3-6(4-5)11(8,9)10/h1-3,7H,4,13H2,(H,16,17)(H,18,19)(H2,14,15,20);1-4H,7H2,(H,8,9,10)/t7-;/m0./s1. The summed E-state index contributed by atoms with van der Waals surface area (Å²) in [4.78, 5) is 32.3. The summed E-state index contributed by atoms with van der Waals surface area (Å²) in [5, 5.41) is 21.4. The molecule has 0 spiro atoms. The van der Waals surface area contributed by atoms with E-state index in [9.17, 15) is 27.2 Å². The first kappa shape index (κ1) is 25.3. The third-order valence-corrected chi connectivity index (χ3v) is 4.27. The molecule has 2 amide bonds. The summed E-state index contributed by atoms with van der Waals surface area (Å²) in [6.07, 6.45) is 0. The molecule has 0 bridgehead atoms. The summed E-state index contributed by atoms with van der Waals surface area (Å²) in [7, 11) is -4.11. The first-order valence-corrected chi connectivity index (χ1v) is 9.64. The van der Waals surface area contributed by atoms with Gasteiger partial charge >= 0.3 is 18.0 Å². The van der Waals surface area contributed by atoms with Gasteiger partial charge in [-0.3, -0.25) is 9.35 Å². The van der Waals surface area contributed by atoms with Crippen LogP contribution in [-0.4, -0.2) is 53.7 Å². The molecule has 168 valence electrons. The van der Waals surface area contributed by atoms with Gasteiger partial charge < -0.3 is 32.3 Å². The number of amides is 2. The molecule has 2 rings (SSSR count). The summed E-state index contributed by atoms with van der Waals surface area (Å²) >= 11 is 0. The molecule has 0 fully saturated rings. The Morgan fingerprint density at radius 1 is 1.10 bits per heavy atom. The number of hydrogen-bond acceptors (Lipinski definition) is 7. The van der Waals surface area contributed by atoms with Gasteiger partial charge in [0.1, 0.15) is 11.9 Å². The third kappa shape index (κ3) is 8.65. The topological polar surface area (TPSA) is 222 Å². The van der Waals surface area contributed by atoms with E-state index >= 15 is 0 Å². The van der Waals surface area contributed by atoms with Gasteiger partial charge in [-0.25, -0.2) is 14.0 Å². The van der Waals surface area contributed by atoms with Crippen LogP contribution >= 0.6 is 0 Å². The molecule has 9 N–H and O–H groups in total. The van der Waals surface area contributed by atoms with Gasteiger partial charge in [0.25, 0.3) is 10.1 Å². The van der Waals surface area contributed by atoms with E-state index in [1.54, 1.807) is 0 Å². The van der Waals surface area contributed by atoms with Crippen molar-refractivity contribution in [3.8, 4) is 0 Å². The molecule has 0 saturated carbocycles. The Hall–Kier alpha value is -3.75. The molecule has 1 atom stereocenters. The number of halogens is 1. The zero-order chi connectivity index (χ0) is 23.8. The van der Waals surface area contributed by atoms with E-state index in [1.165, 1.54) is 24.3 Å². The SMILES string of the molecule is N[C@@H](CNC(=O)Nc1cc(C(=O)O)ccc1F)C(=O)O.Nc1cccc(S(=O)(=O)O)c1. The molecule has 31 heavy (non-hydrogen) atoms. The third-order valence-electron chi connectivity index (χ3n) is 3.42. The minimum Gasteiger partial charge on any atom is -0.480 e. The smallest absolute Gasteiger partial charge is 0.335 e. The summed E-state index contributed by atoms with van der Waals surface area (Å²) in [6.45, 7) is -0.360. The number of carbonyl (C=O) groups excluding carboxylic acids is 1. The van der Waals surface area contributed by atoms with Gasteiger partial charge in [0.15, 0.2) is 0 Å². The van der Waals surface area contributed by atoms with Crippen molar-refractivity contribution < 1.29 is 42.0 Å².